The van der Waals surface area contributed by atoms with Crippen LogP contribution < -0.4 is 5.32 Å². The lowest BCUT2D eigenvalue weighted by molar-refractivity contribution is -0.402. The number of nitro groups is 1. The highest BCUT2D eigenvalue weighted by Gasteiger charge is 2.36. The van der Waals surface area contributed by atoms with Gasteiger partial charge in [-0.25, -0.2) is 0 Å². The lowest BCUT2D eigenvalue weighted by Gasteiger charge is -2.19. The maximum atomic E-state index is 10.6. The second kappa shape index (κ2) is 5.48. The smallest absolute Gasteiger partial charge is 0.264 e. The fraction of sp³-hybridized carbons (Fsp3) is 0.467. The third-order valence-corrected chi connectivity index (χ3v) is 4.49. The molecular weight excluding hydrogens is 272 g/mol. The van der Waals surface area contributed by atoms with Crippen molar-refractivity contribution in [3.05, 3.63) is 50.7 Å². The topological polar surface area (TPSA) is 55.2 Å². The molecule has 1 aromatic carbocycles. The Labute approximate surface area is 123 Å². The van der Waals surface area contributed by atoms with Crippen molar-refractivity contribution in [2.45, 2.75) is 38.5 Å². The van der Waals surface area contributed by atoms with Crippen LogP contribution in [0.3, 0.4) is 0 Å². The van der Waals surface area contributed by atoms with Gasteiger partial charge >= 0.3 is 0 Å². The second-order valence-electron chi connectivity index (χ2n) is 5.86. The van der Waals surface area contributed by atoms with Crippen LogP contribution in [0.2, 0.25) is 0 Å². The van der Waals surface area contributed by atoms with Gasteiger partial charge in [-0.05, 0) is 41.2 Å². The molecule has 0 spiro atoms. The molecule has 0 aliphatic heterocycles. The van der Waals surface area contributed by atoms with Crippen molar-refractivity contribution in [1.82, 2.24) is 0 Å². The van der Waals surface area contributed by atoms with Crippen LogP contribution in [0.4, 0.5) is 5.69 Å². The summed E-state index contributed by atoms with van der Waals surface area (Å²) in [5.74, 6) is 0.461. The number of nitrogens with one attached hydrogen (secondary N) is 1. The third-order valence-electron chi connectivity index (χ3n) is 3.84. The average molecular weight is 292 g/mol. The molecule has 1 atom stereocenters. The van der Waals surface area contributed by atoms with Crippen molar-refractivity contribution < 1.29 is 4.92 Å². The van der Waals surface area contributed by atoms with E-state index in [-0.39, 0.29) is 5.41 Å². The van der Waals surface area contributed by atoms with E-state index < -0.39 is 4.92 Å². The molecule has 1 N–H and O–H groups in total. The van der Waals surface area contributed by atoms with E-state index in [2.05, 4.69) is 32.2 Å². The minimum atomic E-state index is -0.421. The Morgan fingerprint density at radius 1 is 1.55 bits per heavy atom. The fourth-order valence-electron chi connectivity index (χ4n) is 3.14. The minimum Gasteiger partial charge on any atom is -0.345 e. The van der Waals surface area contributed by atoms with E-state index in [9.17, 15) is 10.1 Å². The Morgan fingerprint density at radius 2 is 2.25 bits per heavy atom. The Hall–Kier alpha value is -1.49. The van der Waals surface area contributed by atoms with Crippen LogP contribution in [0, 0.1) is 10.1 Å². The quantitative estimate of drug-likeness (QED) is 0.663. The summed E-state index contributed by atoms with van der Waals surface area (Å²) >= 11 is 1.35. The van der Waals surface area contributed by atoms with Crippen LogP contribution in [-0.2, 0) is 5.41 Å². The molecule has 0 saturated heterocycles. The van der Waals surface area contributed by atoms with Gasteiger partial charge in [0.1, 0.15) is 5.03 Å². The lowest BCUT2D eigenvalue weighted by atomic mass is 9.86. The molecule has 5 heteroatoms. The van der Waals surface area contributed by atoms with E-state index in [1.807, 2.05) is 18.4 Å². The molecule has 0 fully saturated rings. The molecule has 0 bridgehead atoms. The first-order valence-electron chi connectivity index (χ1n) is 6.65. The van der Waals surface area contributed by atoms with Gasteiger partial charge in [0.25, 0.3) is 6.20 Å². The van der Waals surface area contributed by atoms with Crippen molar-refractivity contribution >= 4 is 17.4 Å². The lowest BCUT2D eigenvalue weighted by Crippen LogP contribution is -2.12. The molecule has 0 saturated carbocycles. The van der Waals surface area contributed by atoms with Gasteiger partial charge < -0.3 is 5.32 Å². The normalized spacial score (nSPS) is 20.6. The SMILES string of the molecule is CS/C(=C\[N+](=O)[O-])Nc1cccc2c1[C@H](C)CC2(C)C. The summed E-state index contributed by atoms with van der Waals surface area (Å²) in [7, 11) is 0. The fourth-order valence-corrected chi connectivity index (χ4v) is 3.54. The van der Waals surface area contributed by atoms with Crippen LogP contribution >= 0.6 is 11.8 Å². The summed E-state index contributed by atoms with van der Waals surface area (Å²) in [6.45, 7) is 6.72. The Balaban J connectivity index is 2.41. The third kappa shape index (κ3) is 2.82. The van der Waals surface area contributed by atoms with Gasteiger partial charge in [-0.2, -0.15) is 0 Å². The van der Waals surface area contributed by atoms with Crippen LogP contribution in [0.5, 0.6) is 0 Å². The van der Waals surface area contributed by atoms with Crippen molar-refractivity contribution in [2.75, 3.05) is 11.6 Å². The summed E-state index contributed by atoms with van der Waals surface area (Å²) < 4.78 is 0. The standard InChI is InChI=1S/C15H20N2O2S/c1-10-8-15(2,3)11-6-5-7-12(14(10)11)16-13(20-4)9-17(18)19/h5-7,9-10,16H,8H2,1-4H3/b13-9-/t10-/m1/s1. The molecule has 1 aliphatic carbocycles. The van der Waals surface area contributed by atoms with E-state index >= 15 is 0 Å². The van der Waals surface area contributed by atoms with Gasteiger partial charge in [0, 0.05) is 5.69 Å². The van der Waals surface area contributed by atoms with Crippen LogP contribution in [0.15, 0.2) is 29.4 Å². The van der Waals surface area contributed by atoms with Gasteiger partial charge in [-0.15, -0.1) is 11.8 Å². The molecule has 4 nitrogen and oxygen atoms in total. The summed E-state index contributed by atoms with van der Waals surface area (Å²) in [5, 5.41) is 14.4. The summed E-state index contributed by atoms with van der Waals surface area (Å²) in [6.07, 6.45) is 3.96. The van der Waals surface area contributed by atoms with Crippen LogP contribution in [0.1, 0.15) is 44.2 Å². The van der Waals surface area contributed by atoms with E-state index in [1.165, 1.54) is 22.9 Å². The van der Waals surface area contributed by atoms with Gasteiger partial charge in [0.15, 0.2) is 0 Å². The van der Waals surface area contributed by atoms with E-state index in [0.29, 0.717) is 10.9 Å². The van der Waals surface area contributed by atoms with Crippen LogP contribution in [0.25, 0.3) is 0 Å². The molecule has 1 aromatic rings. The highest BCUT2D eigenvalue weighted by Crippen LogP contribution is 2.48. The molecule has 1 aliphatic rings. The maximum absolute atomic E-state index is 10.6. The number of nitrogens with zero attached hydrogens (tertiary/aromatic N) is 1. The maximum Gasteiger partial charge on any atom is 0.264 e. The molecule has 0 radical (unpaired) electrons. The van der Waals surface area contributed by atoms with Crippen LogP contribution in [-0.4, -0.2) is 11.2 Å². The predicted molar refractivity (Wildman–Crippen MR) is 84.7 cm³/mol. The second-order valence-corrected chi connectivity index (χ2v) is 6.71. The average Bonchev–Trinajstić information content (AvgIpc) is 2.59. The molecular formula is C15H20N2O2S. The largest absolute Gasteiger partial charge is 0.345 e. The van der Waals surface area contributed by atoms with E-state index in [1.54, 1.807) is 0 Å². The zero-order chi connectivity index (χ0) is 14.9. The van der Waals surface area contributed by atoms with E-state index in [4.69, 9.17) is 0 Å². The van der Waals surface area contributed by atoms with Crippen molar-refractivity contribution in [3.8, 4) is 0 Å². The summed E-state index contributed by atoms with van der Waals surface area (Å²) in [4.78, 5) is 10.2. The summed E-state index contributed by atoms with van der Waals surface area (Å²) in [5.41, 5.74) is 3.79. The molecule has 0 heterocycles. The first-order chi connectivity index (χ1) is 9.35. The van der Waals surface area contributed by atoms with Crippen molar-refractivity contribution in [2.24, 2.45) is 0 Å². The number of benzene rings is 1. The van der Waals surface area contributed by atoms with Gasteiger partial charge in [0.2, 0.25) is 0 Å². The Bertz CT molecular complexity index is 567. The molecule has 0 amide bonds. The first kappa shape index (κ1) is 14.9. The number of thioether (sulfide) groups is 1. The molecule has 20 heavy (non-hydrogen) atoms. The number of anilines is 1. The van der Waals surface area contributed by atoms with Crippen molar-refractivity contribution in [3.63, 3.8) is 0 Å². The number of fused-ring (bicyclic) bond motifs is 1. The molecule has 0 unspecified atom stereocenters. The van der Waals surface area contributed by atoms with Gasteiger partial charge in [-0.3, -0.25) is 10.1 Å². The first-order valence-corrected chi connectivity index (χ1v) is 7.87. The predicted octanol–water partition coefficient (Wildman–Crippen LogP) is 4.32. The highest BCUT2D eigenvalue weighted by molar-refractivity contribution is 8.02. The highest BCUT2D eigenvalue weighted by atomic mass is 32.2. The number of rotatable bonds is 4. The van der Waals surface area contributed by atoms with Gasteiger partial charge in [0.05, 0.1) is 4.92 Å². The number of hydrogen-bond acceptors (Lipinski definition) is 4. The minimum absolute atomic E-state index is 0.165. The zero-order valence-corrected chi connectivity index (χ0v) is 13.1. The molecule has 2 rings (SSSR count). The number of hydrogen-bond donors (Lipinski definition) is 1. The zero-order valence-electron chi connectivity index (χ0n) is 12.3. The van der Waals surface area contributed by atoms with Crippen molar-refractivity contribution in [1.29, 1.82) is 0 Å². The monoisotopic (exact) mass is 292 g/mol. The Kier molecular flexibility index (Phi) is 4.09. The molecule has 0 aromatic heterocycles. The Morgan fingerprint density at radius 3 is 2.85 bits per heavy atom. The molecule has 108 valence electrons. The summed E-state index contributed by atoms with van der Waals surface area (Å²) in [6, 6.07) is 6.19. The van der Waals surface area contributed by atoms with Gasteiger partial charge in [-0.1, -0.05) is 32.9 Å². The van der Waals surface area contributed by atoms with E-state index in [0.717, 1.165) is 18.3 Å².